The van der Waals surface area contributed by atoms with Crippen LogP contribution in [-0.4, -0.2) is 56.9 Å². The minimum atomic E-state index is -0.179. The van der Waals surface area contributed by atoms with E-state index in [1.165, 1.54) is 0 Å². The Morgan fingerprint density at radius 2 is 2.03 bits per heavy atom. The molecular weight excluding hydrogens is 384 g/mol. The average Bonchev–Trinajstić information content (AvgIpc) is 3.28. The van der Waals surface area contributed by atoms with Gasteiger partial charge in [-0.3, -0.25) is 9.59 Å². The van der Waals surface area contributed by atoms with Gasteiger partial charge in [0.05, 0.1) is 18.3 Å². The first kappa shape index (κ1) is 19.0. The number of likely N-dealkylation sites (tertiary alicyclic amines) is 1. The number of hydrogen-bond donors (Lipinski definition) is 1. The van der Waals surface area contributed by atoms with Crippen LogP contribution in [0.1, 0.15) is 77.9 Å². The highest BCUT2D eigenvalue weighted by Crippen LogP contribution is 2.40. The van der Waals surface area contributed by atoms with Gasteiger partial charge in [0, 0.05) is 51.0 Å². The van der Waals surface area contributed by atoms with Gasteiger partial charge in [0.15, 0.2) is 11.5 Å². The molecule has 9 nitrogen and oxygen atoms in total. The molecule has 9 heteroatoms. The quantitative estimate of drug-likeness (QED) is 0.824. The zero-order valence-corrected chi connectivity index (χ0v) is 17.3. The maximum Gasteiger partial charge on any atom is 0.276 e. The molecule has 0 radical (unpaired) electrons. The van der Waals surface area contributed by atoms with E-state index in [2.05, 4.69) is 10.5 Å². The van der Waals surface area contributed by atoms with E-state index in [9.17, 15) is 9.59 Å². The van der Waals surface area contributed by atoms with Crippen molar-refractivity contribution in [1.29, 1.82) is 0 Å². The number of carbonyl (C=O) groups excluding carboxylic acids is 2. The van der Waals surface area contributed by atoms with Crippen LogP contribution in [0.3, 0.4) is 0 Å². The monoisotopic (exact) mass is 410 g/mol. The Bertz CT molecular complexity index is 981. The highest BCUT2D eigenvalue weighted by molar-refractivity contribution is 5.92. The third-order valence-corrected chi connectivity index (χ3v) is 6.30. The number of nitrogens with zero attached hydrogens (tertiary/aromatic N) is 5. The second-order valence-electron chi connectivity index (χ2n) is 8.34. The van der Waals surface area contributed by atoms with Crippen LogP contribution in [0, 0.1) is 0 Å². The first-order valence-electron chi connectivity index (χ1n) is 10.7. The lowest BCUT2D eigenvalue weighted by atomic mass is 10.0. The molecule has 2 amide bonds. The molecule has 5 rings (SSSR count). The molecule has 0 aromatic carbocycles. The summed E-state index contributed by atoms with van der Waals surface area (Å²) in [5.41, 5.74) is 2.29. The summed E-state index contributed by atoms with van der Waals surface area (Å²) in [5.74, 6) is 2.56. The van der Waals surface area contributed by atoms with Crippen LogP contribution in [0.5, 0.6) is 0 Å². The first-order valence-corrected chi connectivity index (χ1v) is 10.7. The molecule has 1 unspecified atom stereocenters. The molecule has 0 bridgehead atoms. The lowest BCUT2D eigenvalue weighted by molar-refractivity contribution is -0.129. The molecule has 158 valence electrons. The van der Waals surface area contributed by atoms with Crippen LogP contribution >= 0.6 is 0 Å². The van der Waals surface area contributed by atoms with Gasteiger partial charge in [-0.25, -0.2) is 9.97 Å². The molecule has 30 heavy (non-hydrogen) atoms. The van der Waals surface area contributed by atoms with Gasteiger partial charge < -0.3 is 19.6 Å². The van der Waals surface area contributed by atoms with E-state index >= 15 is 0 Å². The summed E-state index contributed by atoms with van der Waals surface area (Å²) in [6.45, 7) is 3.40. The lowest BCUT2D eigenvalue weighted by Crippen LogP contribution is -2.36. The summed E-state index contributed by atoms with van der Waals surface area (Å²) in [6, 6.07) is 1.61. The predicted octanol–water partition coefficient (Wildman–Crippen LogP) is 2.27. The van der Waals surface area contributed by atoms with Crippen molar-refractivity contribution >= 4 is 17.6 Å². The lowest BCUT2D eigenvalue weighted by Gasteiger charge is -2.30. The molecule has 2 aromatic rings. The molecule has 1 atom stereocenters. The zero-order valence-electron chi connectivity index (χ0n) is 17.3. The molecule has 1 saturated heterocycles. The Labute approximate surface area is 174 Å². The van der Waals surface area contributed by atoms with Gasteiger partial charge in [-0.2, -0.15) is 0 Å². The topological polar surface area (TPSA) is 104 Å². The number of rotatable bonds is 4. The standard InChI is InChI=1S/C21H26N6O3/c1-12(28)26-9-7-15-14(11-26)19(22-2)24-20(23-15)17-4-3-8-27(17)21(29)16-10-18(30-25-16)13-5-6-13/h10,13,17H,3-9,11H2,1-2H3,(H,22,23,24). The summed E-state index contributed by atoms with van der Waals surface area (Å²) >= 11 is 0. The highest BCUT2D eigenvalue weighted by Gasteiger charge is 2.36. The molecule has 1 aliphatic carbocycles. The maximum absolute atomic E-state index is 13.1. The van der Waals surface area contributed by atoms with E-state index in [-0.39, 0.29) is 17.9 Å². The summed E-state index contributed by atoms with van der Waals surface area (Å²) in [5, 5.41) is 7.18. The van der Waals surface area contributed by atoms with E-state index in [0.717, 1.165) is 48.5 Å². The Morgan fingerprint density at radius 3 is 2.77 bits per heavy atom. The summed E-state index contributed by atoms with van der Waals surface area (Å²) in [6.07, 6.45) is 4.61. The predicted molar refractivity (Wildman–Crippen MR) is 108 cm³/mol. The fourth-order valence-electron chi connectivity index (χ4n) is 4.43. The van der Waals surface area contributed by atoms with Crippen LogP contribution in [0.4, 0.5) is 5.82 Å². The Kier molecular flexibility index (Phi) is 4.67. The van der Waals surface area contributed by atoms with Crippen molar-refractivity contribution in [2.75, 3.05) is 25.5 Å². The van der Waals surface area contributed by atoms with E-state index in [1.807, 2.05) is 11.9 Å². The Hall–Kier alpha value is -2.97. The number of fused-ring (bicyclic) bond motifs is 1. The molecule has 3 aliphatic rings. The van der Waals surface area contributed by atoms with Crippen LogP contribution in [-0.2, 0) is 17.8 Å². The Balaban J connectivity index is 1.42. The number of hydrogen-bond acceptors (Lipinski definition) is 7. The van der Waals surface area contributed by atoms with Crippen molar-refractivity contribution in [2.45, 2.75) is 57.5 Å². The van der Waals surface area contributed by atoms with Gasteiger partial charge in [-0.05, 0) is 25.7 Å². The van der Waals surface area contributed by atoms with Gasteiger partial charge >= 0.3 is 0 Å². The fraction of sp³-hybridized carbons (Fsp3) is 0.571. The van der Waals surface area contributed by atoms with Gasteiger partial charge in [0.25, 0.3) is 5.91 Å². The van der Waals surface area contributed by atoms with Gasteiger partial charge in [-0.15, -0.1) is 0 Å². The van der Waals surface area contributed by atoms with Crippen LogP contribution in [0.15, 0.2) is 10.6 Å². The minimum absolute atomic E-state index is 0.0533. The molecule has 2 aromatic heterocycles. The van der Waals surface area contributed by atoms with Crippen LogP contribution < -0.4 is 5.32 Å². The number of aromatic nitrogens is 3. The number of nitrogens with one attached hydrogen (secondary N) is 1. The van der Waals surface area contributed by atoms with E-state index in [4.69, 9.17) is 14.5 Å². The first-order chi connectivity index (χ1) is 14.5. The molecule has 1 N–H and O–H groups in total. The maximum atomic E-state index is 13.1. The summed E-state index contributed by atoms with van der Waals surface area (Å²) in [7, 11) is 1.82. The van der Waals surface area contributed by atoms with Crippen molar-refractivity contribution in [2.24, 2.45) is 0 Å². The molecule has 2 fully saturated rings. The van der Waals surface area contributed by atoms with Crippen molar-refractivity contribution in [3.8, 4) is 0 Å². The van der Waals surface area contributed by atoms with E-state index in [0.29, 0.717) is 43.5 Å². The second kappa shape index (κ2) is 7.37. The van der Waals surface area contributed by atoms with Gasteiger partial charge in [0.1, 0.15) is 11.6 Å². The van der Waals surface area contributed by atoms with Crippen molar-refractivity contribution in [1.82, 2.24) is 24.9 Å². The smallest absolute Gasteiger partial charge is 0.276 e. The third-order valence-electron chi connectivity index (χ3n) is 6.30. The molecule has 2 aliphatic heterocycles. The molecule has 4 heterocycles. The van der Waals surface area contributed by atoms with Gasteiger partial charge in [-0.1, -0.05) is 5.16 Å². The third kappa shape index (κ3) is 3.32. The number of carbonyl (C=O) groups is 2. The SMILES string of the molecule is CNc1nc(C2CCCN2C(=O)c2cc(C3CC3)on2)nc2c1CN(C(C)=O)CC2. The highest BCUT2D eigenvalue weighted by atomic mass is 16.5. The van der Waals surface area contributed by atoms with Crippen molar-refractivity contribution in [3.05, 3.63) is 34.6 Å². The fourth-order valence-corrected chi connectivity index (χ4v) is 4.43. The average molecular weight is 410 g/mol. The van der Waals surface area contributed by atoms with Crippen LogP contribution in [0.2, 0.25) is 0 Å². The minimum Gasteiger partial charge on any atom is -0.373 e. The van der Waals surface area contributed by atoms with E-state index < -0.39 is 0 Å². The summed E-state index contributed by atoms with van der Waals surface area (Å²) < 4.78 is 5.38. The number of anilines is 1. The van der Waals surface area contributed by atoms with Gasteiger partial charge in [0.2, 0.25) is 5.91 Å². The van der Waals surface area contributed by atoms with Crippen molar-refractivity contribution in [3.63, 3.8) is 0 Å². The largest absolute Gasteiger partial charge is 0.373 e. The number of amides is 2. The molecule has 1 saturated carbocycles. The summed E-state index contributed by atoms with van der Waals surface area (Å²) in [4.78, 5) is 38.1. The second-order valence-corrected chi connectivity index (χ2v) is 8.34. The molecule has 0 spiro atoms. The van der Waals surface area contributed by atoms with E-state index in [1.54, 1.807) is 17.9 Å². The Morgan fingerprint density at radius 1 is 1.20 bits per heavy atom. The van der Waals surface area contributed by atoms with Crippen LogP contribution in [0.25, 0.3) is 0 Å². The molecular formula is C21H26N6O3. The zero-order chi connectivity index (χ0) is 20.8. The normalized spacial score (nSPS) is 20.9. The van der Waals surface area contributed by atoms with Crippen molar-refractivity contribution < 1.29 is 14.1 Å².